The van der Waals surface area contributed by atoms with Crippen molar-refractivity contribution in [2.24, 2.45) is 56.2 Å². The Labute approximate surface area is 301 Å². The first-order valence-corrected chi connectivity index (χ1v) is 19.6. The highest BCUT2D eigenvalue weighted by Crippen LogP contribution is 2.77. The number of allylic oxidation sites excluding steroid dienone is 2. The van der Waals surface area contributed by atoms with Crippen LogP contribution in [0.5, 0.6) is 0 Å². The Bertz CT molecular complexity index is 1530. The van der Waals surface area contributed by atoms with Crippen LogP contribution in [0.3, 0.4) is 0 Å². The molecule has 0 aliphatic heterocycles. The summed E-state index contributed by atoms with van der Waals surface area (Å²) in [4.78, 5) is 43.2. The molecule has 1 heterocycles. The Hall–Kier alpha value is -2.54. The van der Waals surface area contributed by atoms with E-state index in [1.807, 2.05) is 18.3 Å². The van der Waals surface area contributed by atoms with Crippen LogP contribution in [0.1, 0.15) is 139 Å². The van der Waals surface area contributed by atoms with Crippen LogP contribution in [0, 0.1) is 56.2 Å². The Morgan fingerprint density at radius 2 is 1.72 bits per heavy atom. The quantitative estimate of drug-likeness (QED) is 0.187. The smallest absolute Gasteiger partial charge is 0.309 e. The van der Waals surface area contributed by atoms with E-state index in [0.717, 1.165) is 75.7 Å². The van der Waals surface area contributed by atoms with Crippen molar-refractivity contribution in [3.05, 3.63) is 41.2 Å². The number of carbonyl (C=O) groups excluding carboxylic acids is 2. The number of nitrogens with one attached hydrogen (secondary N) is 1. The van der Waals surface area contributed by atoms with Gasteiger partial charge in [0.1, 0.15) is 6.10 Å². The fraction of sp³-hybridized carbons (Fsp3) is 0.767. The number of nitrogens with zero attached hydrogens (tertiary/aromatic N) is 1. The maximum atomic E-state index is 14.0. The summed E-state index contributed by atoms with van der Waals surface area (Å²) in [5, 5.41) is 13.3. The molecule has 7 nitrogen and oxygen atoms in total. The van der Waals surface area contributed by atoms with Gasteiger partial charge in [0.05, 0.1) is 17.5 Å². The Morgan fingerprint density at radius 1 is 0.980 bits per heavy atom. The predicted molar refractivity (Wildman–Crippen MR) is 196 cm³/mol. The van der Waals surface area contributed by atoms with Gasteiger partial charge < -0.3 is 15.2 Å². The molecule has 0 amide bonds. The number of Topliss-reactive ketones (excluding diaryl/α,β-unsaturated/α-hetero) is 1. The molecule has 276 valence electrons. The van der Waals surface area contributed by atoms with E-state index in [1.54, 1.807) is 13.8 Å². The van der Waals surface area contributed by atoms with Gasteiger partial charge in [0.25, 0.3) is 0 Å². The van der Waals surface area contributed by atoms with E-state index in [9.17, 15) is 19.5 Å². The van der Waals surface area contributed by atoms with Gasteiger partial charge in [-0.2, -0.15) is 0 Å². The number of pyridine rings is 1. The molecule has 6 rings (SSSR count). The lowest BCUT2D eigenvalue weighted by atomic mass is 9.33. The third-order valence-electron chi connectivity index (χ3n) is 15.8. The number of ketones is 1. The molecule has 0 spiro atoms. The highest BCUT2D eigenvalue weighted by atomic mass is 16.5. The molecule has 2 N–H and O–H groups in total. The summed E-state index contributed by atoms with van der Waals surface area (Å²) < 4.78 is 6.17. The molecule has 8 atom stereocenters. The molecule has 0 saturated heterocycles. The summed E-state index contributed by atoms with van der Waals surface area (Å²) in [5.41, 5.74) is 2.74. The molecule has 1 aromatic rings. The fourth-order valence-electron chi connectivity index (χ4n) is 12.9. The van der Waals surface area contributed by atoms with Gasteiger partial charge >= 0.3 is 11.9 Å². The summed E-state index contributed by atoms with van der Waals surface area (Å²) in [7, 11) is 0. The molecular weight excluding hydrogens is 624 g/mol. The number of carboxylic acids is 1. The normalized spacial score (nSPS) is 37.8. The molecule has 0 radical (unpaired) electrons. The average molecular weight is 689 g/mol. The monoisotopic (exact) mass is 688 g/mol. The minimum absolute atomic E-state index is 0.0403. The molecule has 4 fully saturated rings. The summed E-state index contributed by atoms with van der Waals surface area (Å²) in [6.07, 6.45) is 11.9. The number of hydrogen-bond acceptors (Lipinski definition) is 6. The van der Waals surface area contributed by atoms with Crippen molar-refractivity contribution < 1.29 is 24.2 Å². The molecule has 0 aromatic carbocycles. The lowest BCUT2D eigenvalue weighted by Gasteiger charge is -2.72. The second-order valence-corrected chi connectivity index (χ2v) is 19.4. The number of aliphatic carboxylic acids is 1. The largest absolute Gasteiger partial charge is 0.481 e. The van der Waals surface area contributed by atoms with Crippen LogP contribution in [0.4, 0.5) is 0 Å². The number of carbonyl (C=O) groups is 3. The van der Waals surface area contributed by atoms with Gasteiger partial charge in [-0.25, -0.2) is 0 Å². The van der Waals surface area contributed by atoms with Crippen molar-refractivity contribution in [3.63, 3.8) is 0 Å². The summed E-state index contributed by atoms with van der Waals surface area (Å²) in [5.74, 6) is 0.667. The van der Waals surface area contributed by atoms with E-state index in [4.69, 9.17) is 4.74 Å². The van der Waals surface area contributed by atoms with Crippen LogP contribution >= 0.6 is 0 Å². The van der Waals surface area contributed by atoms with Crippen LogP contribution in [0.25, 0.3) is 0 Å². The standard InChI is InChI=1S/C43H64N2O5/c1-27(2)35-30(46)24-43(21-23-44-26-28-12-10-11-22-45-28)20-19-41(8)29(36(35)43)13-14-32-40(7)17-16-33(50-34(47)25-38(3,4)37(48)49)39(5,6)31(40)15-18-42(32,41)9/h10-12,22,27,29,31-33,44H,13-21,23-26H2,1-9H3,(H,48,49)/t29-,31+,32?,33+,40+,41-,42-,43-/m1/s1. The van der Waals surface area contributed by atoms with Crippen LogP contribution < -0.4 is 5.32 Å². The topological polar surface area (TPSA) is 106 Å². The highest BCUT2D eigenvalue weighted by molar-refractivity contribution is 6.00. The van der Waals surface area contributed by atoms with Crippen LogP contribution in [0.15, 0.2) is 35.5 Å². The van der Waals surface area contributed by atoms with Gasteiger partial charge in [0.15, 0.2) is 5.78 Å². The third kappa shape index (κ3) is 5.80. The van der Waals surface area contributed by atoms with Gasteiger partial charge in [-0.3, -0.25) is 19.4 Å². The zero-order valence-electron chi connectivity index (χ0n) is 32.4. The Balaban J connectivity index is 1.24. The maximum absolute atomic E-state index is 14.0. The number of hydrogen-bond donors (Lipinski definition) is 2. The zero-order valence-corrected chi connectivity index (χ0v) is 32.4. The molecular formula is C43H64N2O5. The number of ether oxygens (including phenoxy) is 1. The van der Waals surface area contributed by atoms with Gasteiger partial charge in [-0.15, -0.1) is 0 Å². The first-order valence-electron chi connectivity index (χ1n) is 19.6. The molecule has 7 heteroatoms. The van der Waals surface area contributed by atoms with E-state index in [1.165, 1.54) is 12.0 Å². The minimum atomic E-state index is -1.15. The van der Waals surface area contributed by atoms with Crippen LogP contribution in [-0.4, -0.2) is 40.5 Å². The number of fused-ring (bicyclic) bond motifs is 7. The predicted octanol–water partition coefficient (Wildman–Crippen LogP) is 8.95. The number of aromatic nitrogens is 1. The maximum Gasteiger partial charge on any atom is 0.309 e. The van der Waals surface area contributed by atoms with Crippen molar-refractivity contribution >= 4 is 17.7 Å². The highest BCUT2D eigenvalue weighted by Gasteiger charge is 2.70. The average Bonchev–Trinajstić information content (AvgIpc) is 3.33. The van der Waals surface area contributed by atoms with Crippen molar-refractivity contribution in [2.75, 3.05) is 6.54 Å². The van der Waals surface area contributed by atoms with E-state index in [0.29, 0.717) is 30.0 Å². The number of carboxylic acid groups (broad SMARTS) is 1. The zero-order chi connectivity index (χ0) is 36.5. The second kappa shape index (κ2) is 12.8. The number of esters is 1. The van der Waals surface area contributed by atoms with E-state index in [-0.39, 0.29) is 45.5 Å². The van der Waals surface area contributed by atoms with Gasteiger partial charge in [-0.1, -0.05) is 60.1 Å². The summed E-state index contributed by atoms with van der Waals surface area (Å²) in [6.45, 7) is 21.7. The second-order valence-electron chi connectivity index (χ2n) is 19.4. The van der Waals surface area contributed by atoms with E-state index < -0.39 is 17.4 Å². The lowest BCUT2D eigenvalue weighted by Crippen LogP contribution is -2.65. The van der Waals surface area contributed by atoms with E-state index in [2.05, 4.69) is 64.8 Å². The molecule has 5 aliphatic carbocycles. The van der Waals surface area contributed by atoms with Gasteiger partial charge in [0.2, 0.25) is 0 Å². The molecule has 1 unspecified atom stereocenters. The van der Waals surface area contributed by atoms with Crippen molar-refractivity contribution in [2.45, 2.75) is 146 Å². The van der Waals surface area contributed by atoms with Gasteiger partial charge in [-0.05, 0) is 136 Å². The molecule has 1 aromatic heterocycles. The van der Waals surface area contributed by atoms with Crippen LogP contribution in [0.2, 0.25) is 0 Å². The molecule has 0 bridgehead atoms. The minimum Gasteiger partial charge on any atom is -0.481 e. The fourth-order valence-corrected chi connectivity index (χ4v) is 12.9. The van der Waals surface area contributed by atoms with Gasteiger partial charge in [0, 0.05) is 30.0 Å². The number of rotatable bonds is 10. The molecule has 50 heavy (non-hydrogen) atoms. The third-order valence-corrected chi connectivity index (χ3v) is 15.8. The lowest BCUT2D eigenvalue weighted by molar-refractivity contribution is -0.233. The van der Waals surface area contributed by atoms with E-state index >= 15 is 0 Å². The molecule has 5 aliphatic rings. The van der Waals surface area contributed by atoms with Crippen molar-refractivity contribution in [3.8, 4) is 0 Å². The summed E-state index contributed by atoms with van der Waals surface area (Å²) in [6, 6.07) is 6.05. The summed E-state index contributed by atoms with van der Waals surface area (Å²) >= 11 is 0. The Kier molecular flexibility index (Phi) is 9.56. The first kappa shape index (κ1) is 37.2. The van der Waals surface area contributed by atoms with Crippen molar-refractivity contribution in [1.29, 1.82) is 0 Å². The molecule has 4 saturated carbocycles. The van der Waals surface area contributed by atoms with Crippen molar-refractivity contribution in [1.82, 2.24) is 10.3 Å². The Morgan fingerprint density at radius 3 is 2.38 bits per heavy atom. The SMILES string of the molecule is CC(C)C1=C2[C@H]3CCC4[C@@]5(C)CC[C@H](OC(=O)CC(C)(C)C(=O)O)C(C)(C)[C@@H]5CC[C@@]4(C)[C@]3(C)CC[C@@]2(CCNCc2ccccn2)CC1=O. The van der Waals surface area contributed by atoms with Crippen LogP contribution in [-0.2, 0) is 25.7 Å². The first-order chi connectivity index (χ1) is 23.3.